The van der Waals surface area contributed by atoms with Crippen molar-refractivity contribution in [2.45, 2.75) is 44.9 Å². The fraction of sp³-hybridized carbons (Fsp3) is 0.360. The molecule has 5 rings (SSSR count). The van der Waals surface area contributed by atoms with E-state index in [1.54, 1.807) is 6.20 Å². The van der Waals surface area contributed by atoms with Gasteiger partial charge in [-0.2, -0.15) is 0 Å². The molecule has 0 amide bonds. The number of anilines is 2. The number of nitrogens with zero attached hydrogens (tertiary/aromatic N) is 3. The number of nitrogens with one attached hydrogen (secondary N) is 1. The first-order chi connectivity index (χ1) is 14.6. The monoisotopic (exact) mass is 398 g/mol. The van der Waals surface area contributed by atoms with Crippen molar-refractivity contribution in [2.24, 2.45) is 11.8 Å². The number of fused-ring (bicyclic) bond motifs is 3. The van der Waals surface area contributed by atoms with Gasteiger partial charge in [0, 0.05) is 29.5 Å². The molecule has 1 fully saturated rings. The summed E-state index contributed by atoms with van der Waals surface area (Å²) in [6.45, 7) is 4.06. The van der Waals surface area contributed by atoms with Crippen LogP contribution in [0.2, 0.25) is 0 Å². The highest BCUT2D eigenvalue weighted by Crippen LogP contribution is 2.55. The molecule has 3 atom stereocenters. The highest BCUT2D eigenvalue weighted by atomic mass is 16.1. The number of carbonyl (C=O) groups excluding carboxylic acids is 1. The predicted molar refractivity (Wildman–Crippen MR) is 117 cm³/mol. The summed E-state index contributed by atoms with van der Waals surface area (Å²) in [5, 5.41) is 3.48. The Hall–Kier alpha value is -3.08. The highest BCUT2D eigenvalue weighted by Gasteiger charge is 2.53. The van der Waals surface area contributed by atoms with Crippen LogP contribution in [0.1, 0.15) is 48.8 Å². The summed E-state index contributed by atoms with van der Waals surface area (Å²) in [4.78, 5) is 26.7. The van der Waals surface area contributed by atoms with E-state index in [1.165, 1.54) is 11.1 Å². The molecule has 5 nitrogen and oxygen atoms in total. The van der Waals surface area contributed by atoms with Crippen molar-refractivity contribution in [3.63, 3.8) is 0 Å². The van der Waals surface area contributed by atoms with E-state index in [0.29, 0.717) is 12.2 Å². The largest absolute Gasteiger partial charge is 0.339 e. The van der Waals surface area contributed by atoms with Gasteiger partial charge in [-0.25, -0.2) is 9.97 Å². The van der Waals surface area contributed by atoms with Gasteiger partial charge < -0.3 is 5.32 Å². The molecule has 0 radical (unpaired) electrons. The lowest BCUT2D eigenvalue weighted by Gasteiger charge is -2.50. The number of aromatic nitrogens is 3. The van der Waals surface area contributed by atoms with E-state index in [0.717, 1.165) is 42.3 Å². The van der Waals surface area contributed by atoms with E-state index in [-0.39, 0.29) is 17.3 Å². The number of ketones is 1. The van der Waals surface area contributed by atoms with Crippen LogP contribution in [0.5, 0.6) is 0 Å². The normalized spacial score (nSPS) is 25.3. The first-order valence-electron chi connectivity index (χ1n) is 10.7. The van der Waals surface area contributed by atoms with Crippen molar-refractivity contribution in [1.82, 2.24) is 15.0 Å². The number of carbonyl (C=O) groups is 1. The molecule has 1 saturated carbocycles. The van der Waals surface area contributed by atoms with Gasteiger partial charge >= 0.3 is 0 Å². The van der Waals surface area contributed by atoms with E-state index in [2.05, 4.69) is 47.6 Å². The fourth-order valence-corrected chi connectivity index (χ4v) is 5.58. The van der Waals surface area contributed by atoms with Crippen LogP contribution in [0.4, 0.5) is 11.5 Å². The standard InChI is InChI=1S/C25H26N4O/c1-16-21-11-10-20-23(25(21,13-12-22(16)30)18-7-4-3-5-8-18)27-17(2)28-24(20)29-19-9-6-14-26-15-19/h3-9,14-16,21H,10-13H2,1-2H3,(H,27,28,29)/t16-,21-,25+/m0/s1. The second-order valence-electron chi connectivity index (χ2n) is 8.55. The minimum absolute atomic E-state index is 0.0390. The third-order valence-electron chi connectivity index (χ3n) is 6.97. The van der Waals surface area contributed by atoms with Gasteiger partial charge in [0.25, 0.3) is 0 Å². The fourth-order valence-electron chi connectivity index (χ4n) is 5.58. The van der Waals surface area contributed by atoms with Crippen LogP contribution in [0.15, 0.2) is 54.9 Å². The number of hydrogen-bond donors (Lipinski definition) is 1. The van der Waals surface area contributed by atoms with Gasteiger partial charge in [-0.15, -0.1) is 0 Å². The van der Waals surface area contributed by atoms with E-state index in [1.807, 2.05) is 25.3 Å². The summed E-state index contributed by atoms with van der Waals surface area (Å²) in [5.74, 6) is 2.30. The Labute approximate surface area is 177 Å². The SMILES string of the molecule is Cc1nc(Nc2cccnc2)c2c(n1)[C@@]1(c3ccccc3)CCC(=O)[C@@H](C)[C@@H]1CC2. The zero-order chi connectivity index (χ0) is 20.7. The third-order valence-corrected chi connectivity index (χ3v) is 6.97. The molecule has 0 saturated heterocycles. The maximum atomic E-state index is 12.7. The van der Waals surface area contributed by atoms with Gasteiger partial charge in [0.15, 0.2) is 0 Å². The molecular weight excluding hydrogens is 372 g/mol. The molecule has 2 aliphatic rings. The van der Waals surface area contributed by atoms with Crippen LogP contribution >= 0.6 is 0 Å². The first-order valence-corrected chi connectivity index (χ1v) is 10.7. The van der Waals surface area contributed by atoms with Crippen LogP contribution in [0, 0.1) is 18.8 Å². The van der Waals surface area contributed by atoms with E-state index in [9.17, 15) is 4.79 Å². The number of benzene rings is 1. The molecule has 5 heteroatoms. The Morgan fingerprint density at radius 1 is 1.07 bits per heavy atom. The zero-order valence-electron chi connectivity index (χ0n) is 17.4. The molecule has 2 aliphatic carbocycles. The maximum absolute atomic E-state index is 12.7. The molecule has 3 aromatic rings. The Morgan fingerprint density at radius 2 is 1.90 bits per heavy atom. The molecule has 1 aromatic carbocycles. The van der Waals surface area contributed by atoms with Gasteiger partial charge in [0.1, 0.15) is 17.4 Å². The first kappa shape index (κ1) is 18.9. The van der Waals surface area contributed by atoms with Crippen LogP contribution in [-0.2, 0) is 16.6 Å². The Balaban J connectivity index is 1.71. The van der Waals surface area contributed by atoms with Gasteiger partial charge in [0.05, 0.1) is 17.6 Å². The molecule has 0 bridgehead atoms. The topological polar surface area (TPSA) is 67.8 Å². The van der Waals surface area contributed by atoms with Crippen molar-refractivity contribution >= 4 is 17.3 Å². The molecule has 0 unspecified atom stereocenters. The molecule has 2 heterocycles. The zero-order valence-corrected chi connectivity index (χ0v) is 17.4. The molecule has 2 aromatic heterocycles. The number of pyridine rings is 1. The van der Waals surface area contributed by atoms with Crippen LogP contribution in [-0.4, -0.2) is 20.7 Å². The van der Waals surface area contributed by atoms with Crippen molar-refractivity contribution in [2.75, 3.05) is 5.32 Å². The van der Waals surface area contributed by atoms with Gasteiger partial charge in [0.2, 0.25) is 0 Å². The van der Waals surface area contributed by atoms with Gasteiger partial charge in [-0.3, -0.25) is 9.78 Å². The number of aryl methyl sites for hydroxylation is 1. The van der Waals surface area contributed by atoms with Crippen molar-refractivity contribution in [1.29, 1.82) is 0 Å². The van der Waals surface area contributed by atoms with Gasteiger partial charge in [-0.05, 0) is 49.8 Å². The second kappa shape index (κ2) is 7.31. The summed E-state index contributed by atoms with van der Waals surface area (Å²) in [7, 11) is 0. The van der Waals surface area contributed by atoms with Crippen LogP contribution in [0.3, 0.4) is 0 Å². The molecule has 0 spiro atoms. The summed E-state index contributed by atoms with van der Waals surface area (Å²) < 4.78 is 0. The maximum Gasteiger partial charge on any atom is 0.137 e. The summed E-state index contributed by atoms with van der Waals surface area (Å²) in [5.41, 5.74) is 4.21. The Bertz CT molecular complexity index is 1080. The minimum atomic E-state index is -0.249. The van der Waals surface area contributed by atoms with Crippen LogP contribution in [0.25, 0.3) is 0 Å². The highest BCUT2D eigenvalue weighted by molar-refractivity contribution is 5.83. The number of Topliss-reactive ketones (excluding diaryl/α,β-unsaturated/α-hetero) is 1. The smallest absolute Gasteiger partial charge is 0.137 e. The summed E-state index contributed by atoms with van der Waals surface area (Å²) in [6, 6.07) is 14.6. The lowest BCUT2D eigenvalue weighted by atomic mass is 9.53. The lowest BCUT2D eigenvalue weighted by Crippen LogP contribution is -2.50. The molecule has 30 heavy (non-hydrogen) atoms. The second-order valence-corrected chi connectivity index (χ2v) is 8.55. The van der Waals surface area contributed by atoms with Crippen LogP contribution < -0.4 is 5.32 Å². The Morgan fingerprint density at radius 3 is 2.67 bits per heavy atom. The molecular formula is C25H26N4O. The number of hydrogen-bond acceptors (Lipinski definition) is 5. The van der Waals surface area contributed by atoms with Gasteiger partial charge in [-0.1, -0.05) is 37.3 Å². The average molecular weight is 399 g/mol. The summed E-state index contributed by atoms with van der Waals surface area (Å²) >= 11 is 0. The van der Waals surface area contributed by atoms with Crippen molar-refractivity contribution < 1.29 is 4.79 Å². The third kappa shape index (κ3) is 2.92. The Kier molecular flexibility index (Phi) is 4.61. The van der Waals surface area contributed by atoms with E-state index < -0.39 is 0 Å². The quantitative estimate of drug-likeness (QED) is 0.688. The molecule has 0 aliphatic heterocycles. The molecule has 1 N–H and O–H groups in total. The lowest BCUT2D eigenvalue weighted by molar-refractivity contribution is -0.128. The predicted octanol–water partition coefficient (Wildman–Crippen LogP) is 4.77. The summed E-state index contributed by atoms with van der Waals surface area (Å²) in [6.07, 6.45) is 6.81. The minimum Gasteiger partial charge on any atom is -0.339 e. The van der Waals surface area contributed by atoms with E-state index >= 15 is 0 Å². The number of rotatable bonds is 3. The molecule has 152 valence electrons. The van der Waals surface area contributed by atoms with Crippen molar-refractivity contribution in [3.8, 4) is 0 Å². The van der Waals surface area contributed by atoms with Crippen molar-refractivity contribution in [3.05, 3.63) is 77.5 Å². The average Bonchev–Trinajstić information content (AvgIpc) is 2.77. The van der Waals surface area contributed by atoms with E-state index in [4.69, 9.17) is 9.97 Å².